The van der Waals surface area contributed by atoms with Crippen molar-refractivity contribution in [2.75, 3.05) is 7.11 Å². The lowest BCUT2D eigenvalue weighted by Gasteiger charge is -2.08. The summed E-state index contributed by atoms with van der Waals surface area (Å²) in [4.78, 5) is 12.4. The van der Waals surface area contributed by atoms with Crippen LogP contribution in [0.3, 0.4) is 0 Å². The summed E-state index contributed by atoms with van der Waals surface area (Å²) in [5.74, 6) is 0.717. The van der Waals surface area contributed by atoms with E-state index >= 15 is 0 Å². The zero-order valence-corrected chi connectivity index (χ0v) is 14.5. The van der Waals surface area contributed by atoms with Gasteiger partial charge in [-0.3, -0.25) is 4.79 Å². The van der Waals surface area contributed by atoms with E-state index in [1.165, 1.54) is 0 Å². The summed E-state index contributed by atoms with van der Waals surface area (Å²) < 4.78 is 6.80. The SMILES string of the molecule is COc1ccc(Br)c(CC(=O)c2cc(Cl)ccc2Br)c1. The quantitative estimate of drug-likeness (QED) is 0.630. The van der Waals surface area contributed by atoms with E-state index in [-0.39, 0.29) is 12.2 Å². The number of halogens is 3. The van der Waals surface area contributed by atoms with E-state index in [0.717, 1.165) is 20.3 Å². The highest BCUT2D eigenvalue weighted by molar-refractivity contribution is 9.10. The Kier molecular flexibility index (Phi) is 5.24. The smallest absolute Gasteiger partial charge is 0.168 e. The third-order valence-corrected chi connectivity index (χ3v) is 4.53. The van der Waals surface area contributed by atoms with E-state index in [2.05, 4.69) is 31.9 Å². The number of hydrogen-bond acceptors (Lipinski definition) is 2. The number of ketones is 1. The molecule has 0 aliphatic rings. The number of methoxy groups -OCH3 is 1. The van der Waals surface area contributed by atoms with Gasteiger partial charge in [-0.2, -0.15) is 0 Å². The van der Waals surface area contributed by atoms with Crippen LogP contribution in [-0.2, 0) is 6.42 Å². The van der Waals surface area contributed by atoms with Gasteiger partial charge in [0.15, 0.2) is 5.78 Å². The van der Waals surface area contributed by atoms with Crippen LogP contribution in [0, 0.1) is 0 Å². The minimum Gasteiger partial charge on any atom is -0.497 e. The van der Waals surface area contributed by atoms with Gasteiger partial charge in [0.1, 0.15) is 5.75 Å². The fraction of sp³-hybridized carbons (Fsp3) is 0.133. The molecule has 20 heavy (non-hydrogen) atoms. The number of hydrogen-bond donors (Lipinski definition) is 0. The molecule has 0 unspecified atom stereocenters. The van der Waals surface area contributed by atoms with Crippen molar-refractivity contribution >= 4 is 49.2 Å². The summed E-state index contributed by atoms with van der Waals surface area (Å²) in [6.07, 6.45) is 0.275. The Hall–Kier alpha value is -0.840. The van der Waals surface area contributed by atoms with Crippen LogP contribution in [0.1, 0.15) is 15.9 Å². The number of Topliss-reactive ketones (excluding diaryl/α,β-unsaturated/α-hetero) is 1. The fourth-order valence-electron chi connectivity index (χ4n) is 1.79. The molecule has 2 aromatic carbocycles. The van der Waals surface area contributed by atoms with Crippen molar-refractivity contribution in [3.63, 3.8) is 0 Å². The van der Waals surface area contributed by atoms with E-state index in [4.69, 9.17) is 16.3 Å². The summed E-state index contributed by atoms with van der Waals surface area (Å²) >= 11 is 12.8. The number of carbonyl (C=O) groups is 1. The second-order valence-corrected chi connectivity index (χ2v) is 6.33. The molecule has 2 rings (SSSR count). The first-order valence-corrected chi connectivity index (χ1v) is 7.78. The van der Waals surface area contributed by atoms with Crippen molar-refractivity contribution in [2.45, 2.75) is 6.42 Å². The van der Waals surface area contributed by atoms with Crippen LogP contribution in [0.15, 0.2) is 45.3 Å². The summed E-state index contributed by atoms with van der Waals surface area (Å²) in [5, 5.41) is 0.543. The minimum absolute atomic E-state index is 0.00618. The lowest BCUT2D eigenvalue weighted by molar-refractivity contribution is 0.0992. The van der Waals surface area contributed by atoms with Crippen molar-refractivity contribution < 1.29 is 9.53 Å². The zero-order valence-electron chi connectivity index (χ0n) is 10.6. The highest BCUT2D eigenvalue weighted by Gasteiger charge is 2.14. The van der Waals surface area contributed by atoms with Crippen molar-refractivity contribution in [3.05, 3.63) is 61.5 Å². The summed E-state index contributed by atoms with van der Waals surface area (Å²) in [7, 11) is 1.60. The Labute approximate surface area is 139 Å². The number of benzene rings is 2. The van der Waals surface area contributed by atoms with Crippen LogP contribution >= 0.6 is 43.5 Å². The molecule has 0 bridgehead atoms. The standard InChI is InChI=1S/C15H11Br2ClO2/c1-20-11-3-5-13(16)9(6-11)7-15(19)12-8-10(18)2-4-14(12)17/h2-6,8H,7H2,1H3. The van der Waals surface area contributed by atoms with E-state index in [1.807, 2.05) is 18.2 Å². The van der Waals surface area contributed by atoms with Crippen LogP contribution < -0.4 is 4.74 Å². The topological polar surface area (TPSA) is 26.3 Å². The van der Waals surface area contributed by atoms with Crippen LogP contribution in [0.2, 0.25) is 5.02 Å². The Morgan fingerprint density at radius 2 is 1.85 bits per heavy atom. The molecule has 0 spiro atoms. The molecule has 2 aromatic rings. The first-order chi connectivity index (χ1) is 9.51. The maximum atomic E-state index is 12.4. The van der Waals surface area contributed by atoms with Crippen molar-refractivity contribution in [1.29, 1.82) is 0 Å². The van der Waals surface area contributed by atoms with Gasteiger partial charge in [-0.1, -0.05) is 43.5 Å². The van der Waals surface area contributed by atoms with Crippen LogP contribution in [0.25, 0.3) is 0 Å². The predicted molar refractivity (Wildman–Crippen MR) is 87.9 cm³/mol. The van der Waals surface area contributed by atoms with Crippen LogP contribution in [-0.4, -0.2) is 12.9 Å². The Morgan fingerprint density at radius 1 is 1.15 bits per heavy atom. The monoisotopic (exact) mass is 416 g/mol. The molecule has 0 aliphatic carbocycles. The second-order valence-electron chi connectivity index (χ2n) is 4.18. The molecule has 0 aliphatic heterocycles. The largest absolute Gasteiger partial charge is 0.497 e. The third kappa shape index (κ3) is 3.62. The first-order valence-electron chi connectivity index (χ1n) is 5.82. The molecular weight excluding hydrogens is 407 g/mol. The number of ether oxygens (including phenoxy) is 1. The molecule has 0 fully saturated rings. The second kappa shape index (κ2) is 6.74. The molecule has 0 N–H and O–H groups in total. The number of rotatable bonds is 4. The molecule has 0 radical (unpaired) electrons. The molecule has 0 saturated heterocycles. The van der Waals surface area contributed by atoms with E-state index in [1.54, 1.807) is 25.3 Å². The van der Waals surface area contributed by atoms with Gasteiger partial charge in [0.25, 0.3) is 0 Å². The van der Waals surface area contributed by atoms with Gasteiger partial charge in [-0.25, -0.2) is 0 Å². The van der Waals surface area contributed by atoms with E-state index in [9.17, 15) is 4.79 Å². The molecule has 0 saturated carbocycles. The Morgan fingerprint density at radius 3 is 2.55 bits per heavy atom. The van der Waals surface area contributed by atoms with Crippen molar-refractivity contribution in [1.82, 2.24) is 0 Å². The zero-order chi connectivity index (χ0) is 14.7. The van der Waals surface area contributed by atoms with Gasteiger partial charge in [0.05, 0.1) is 7.11 Å². The van der Waals surface area contributed by atoms with Gasteiger partial charge in [0, 0.05) is 26.0 Å². The van der Waals surface area contributed by atoms with Crippen LogP contribution in [0.4, 0.5) is 0 Å². The lowest BCUT2D eigenvalue weighted by atomic mass is 10.0. The van der Waals surface area contributed by atoms with Gasteiger partial charge in [-0.05, 0) is 42.0 Å². The molecular formula is C15H11Br2ClO2. The summed E-state index contributed by atoms with van der Waals surface area (Å²) in [6.45, 7) is 0. The molecule has 2 nitrogen and oxygen atoms in total. The van der Waals surface area contributed by atoms with Gasteiger partial charge < -0.3 is 4.74 Å². The molecule has 0 aromatic heterocycles. The first kappa shape index (κ1) is 15.5. The number of carbonyl (C=O) groups excluding carboxylic acids is 1. The summed E-state index contributed by atoms with van der Waals surface area (Å²) in [5.41, 5.74) is 1.45. The molecule has 104 valence electrons. The maximum absolute atomic E-state index is 12.4. The van der Waals surface area contributed by atoms with Gasteiger partial charge in [-0.15, -0.1) is 0 Å². The Balaban J connectivity index is 2.30. The normalized spacial score (nSPS) is 10.4. The molecule has 0 heterocycles. The minimum atomic E-state index is -0.00618. The Bertz CT molecular complexity index is 656. The van der Waals surface area contributed by atoms with Crippen LogP contribution in [0.5, 0.6) is 5.75 Å². The third-order valence-electron chi connectivity index (χ3n) is 2.83. The summed E-state index contributed by atoms with van der Waals surface area (Å²) in [6, 6.07) is 10.7. The average molecular weight is 419 g/mol. The lowest BCUT2D eigenvalue weighted by Crippen LogP contribution is -2.05. The van der Waals surface area contributed by atoms with E-state index in [0.29, 0.717) is 10.6 Å². The molecule has 0 amide bonds. The van der Waals surface area contributed by atoms with Gasteiger partial charge in [0.2, 0.25) is 0 Å². The van der Waals surface area contributed by atoms with Crippen molar-refractivity contribution in [2.24, 2.45) is 0 Å². The fourth-order valence-corrected chi connectivity index (χ4v) is 2.82. The molecule has 0 atom stereocenters. The van der Waals surface area contributed by atoms with E-state index < -0.39 is 0 Å². The average Bonchev–Trinajstić information content (AvgIpc) is 2.43. The predicted octanol–water partition coefficient (Wildman–Crippen LogP) is 5.30. The molecule has 5 heteroatoms. The highest BCUT2D eigenvalue weighted by atomic mass is 79.9. The maximum Gasteiger partial charge on any atom is 0.168 e. The van der Waals surface area contributed by atoms with Gasteiger partial charge >= 0.3 is 0 Å². The highest BCUT2D eigenvalue weighted by Crippen LogP contribution is 2.26. The van der Waals surface area contributed by atoms with Crippen molar-refractivity contribution in [3.8, 4) is 5.75 Å².